The summed E-state index contributed by atoms with van der Waals surface area (Å²) < 4.78 is 11.0. The molecule has 146 valence electrons. The van der Waals surface area contributed by atoms with Crippen LogP contribution in [0.5, 0.6) is 5.75 Å². The van der Waals surface area contributed by atoms with Crippen molar-refractivity contribution >= 4 is 5.69 Å². The van der Waals surface area contributed by atoms with E-state index < -0.39 is 6.10 Å². The molecule has 0 bridgehead atoms. The van der Waals surface area contributed by atoms with E-state index in [9.17, 15) is 5.11 Å². The van der Waals surface area contributed by atoms with Crippen LogP contribution in [0.1, 0.15) is 11.1 Å². The first kappa shape index (κ1) is 19.7. The quantitative estimate of drug-likeness (QED) is 0.774. The number of β-amino-alcohol motifs (C(OH)–C–C–N with tert-alkyl or cyclic N) is 1. The second kappa shape index (κ2) is 9.74. The highest BCUT2D eigenvalue weighted by Gasteiger charge is 2.19. The van der Waals surface area contributed by atoms with Crippen molar-refractivity contribution in [3.05, 3.63) is 59.7 Å². The first-order valence-electron chi connectivity index (χ1n) is 9.57. The van der Waals surface area contributed by atoms with Gasteiger partial charge < -0.3 is 19.5 Å². The number of aliphatic hydroxyl groups is 1. The molecule has 1 heterocycles. The largest absolute Gasteiger partial charge is 0.496 e. The molecule has 1 unspecified atom stereocenters. The van der Waals surface area contributed by atoms with Gasteiger partial charge in [-0.05, 0) is 30.7 Å². The van der Waals surface area contributed by atoms with Gasteiger partial charge >= 0.3 is 0 Å². The van der Waals surface area contributed by atoms with Crippen LogP contribution in [0.15, 0.2) is 48.5 Å². The SMILES string of the molecule is COc1ccccc1COCC(O)CN1CCN(c2cccc(C)c2)CC1. The number of hydrogen-bond donors (Lipinski definition) is 1. The molecule has 0 spiro atoms. The molecule has 2 aromatic carbocycles. The average molecular weight is 370 g/mol. The summed E-state index contributed by atoms with van der Waals surface area (Å²) in [7, 11) is 1.66. The van der Waals surface area contributed by atoms with Crippen molar-refractivity contribution in [3.8, 4) is 5.75 Å². The van der Waals surface area contributed by atoms with Crippen LogP contribution in [0.2, 0.25) is 0 Å². The lowest BCUT2D eigenvalue weighted by Crippen LogP contribution is -2.49. The molecule has 0 aliphatic carbocycles. The van der Waals surface area contributed by atoms with Crippen molar-refractivity contribution in [2.24, 2.45) is 0 Å². The molecule has 5 nitrogen and oxygen atoms in total. The van der Waals surface area contributed by atoms with Gasteiger partial charge in [0.2, 0.25) is 0 Å². The highest BCUT2D eigenvalue weighted by Crippen LogP contribution is 2.19. The first-order valence-corrected chi connectivity index (χ1v) is 9.57. The normalized spacial score (nSPS) is 16.3. The zero-order chi connectivity index (χ0) is 19.1. The Labute approximate surface area is 162 Å². The number of para-hydroxylation sites is 1. The Morgan fingerprint density at radius 2 is 1.81 bits per heavy atom. The Bertz CT molecular complexity index is 714. The highest BCUT2D eigenvalue weighted by atomic mass is 16.5. The van der Waals surface area contributed by atoms with Gasteiger partial charge in [0, 0.05) is 44.0 Å². The van der Waals surface area contributed by atoms with E-state index in [0.717, 1.165) is 37.5 Å². The van der Waals surface area contributed by atoms with Crippen LogP contribution in [0.3, 0.4) is 0 Å². The molecule has 1 aliphatic rings. The van der Waals surface area contributed by atoms with E-state index in [1.807, 2.05) is 24.3 Å². The Kier molecular flexibility index (Phi) is 7.10. The lowest BCUT2D eigenvalue weighted by molar-refractivity contribution is 0.00866. The van der Waals surface area contributed by atoms with Crippen molar-refractivity contribution in [2.75, 3.05) is 51.3 Å². The van der Waals surface area contributed by atoms with Gasteiger partial charge in [0.15, 0.2) is 0 Å². The van der Waals surface area contributed by atoms with E-state index in [2.05, 4.69) is 41.0 Å². The summed E-state index contributed by atoms with van der Waals surface area (Å²) in [5.74, 6) is 0.819. The van der Waals surface area contributed by atoms with E-state index >= 15 is 0 Å². The van der Waals surface area contributed by atoms with Crippen LogP contribution in [-0.2, 0) is 11.3 Å². The van der Waals surface area contributed by atoms with Crippen LogP contribution < -0.4 is 9.64 Å². The minimum absolute atomic E-state index is 0.330. The standard InChI is InChI=1S/C22H30N2O3/c1-18-6-5-8-20(14-18)24-12-10-23(11-13-24)15-21(25)17-27-16-19-7-3-4-9-22(19)26-2/h3-9,14,21,25H,10-13,15-17H2,1-2H3. The summed E-state index contributed by atoms with van der Waals surface area (Å²) >= 11 is 0. The van der Waals surface area contributed by atoms with Crippen molar-refractivity contribution in [3.63, 3.8) is 0 Å². The van der Waals surface area contributed by atoms with Gasteiger partial charge in [0.1, 0.15) is 5.75 Å². The van der Waals surface area contributed by atoms with Gasteiger partial charge in [-0.1, -0.05) is 30.3 Å². The van der Waals surface area contributed by atoms with Crippen molar-refractivity contribution in [1.82, 2.24) is 4.90 Å². The minimum Gasteiger partial charge on any atom is -0.496 e. The summed E-state index contributed by atoms with van der Waals surface area (Å²) in [5, 5.41) is 10.3. The first-order chi connectivity index (χ1) is 13.2. The summed E-state index contributed by atoms with van der Waals surface area (Å²) in [4.78, 5) is 4.72. The summed E-state index contributed by atoms with van der Waals surface area (Å²) in [6, 6.07) is 16.4. The van der Waals surface area contributed by atoms with Gasteiger partial charge in [-0.3, -0.25) is 4.90 Å². The molecule has 1 fully saturated rings. The molecule has 0 aromatic heterocycles. The number of hydrogen-bond acceptors (Lipinski definition) is 5. The Morgan fingerprint density at radius 3 is 2.56 bits per heavy atom. The summed E-state index contributed by atoms with van der Waals surface area (Å²) in [5.41, 5.74) is 3.58. The molecule has 1 saturated heterocycles. The van der Waals surface area contributed by atoms with Crippen LogP contribution in [0.4, 0.5) is 5.69 Å². The second-order valence-electron chi connectivity index (χ2n) is 7.11. The molecule has 0 radical (unpaired) electrons. The van der Waals surface area contributed by atoms with E-state index in [4.69, 9.17) is 9.47 Å². The number of methoxy groups -OCH3 is 1. The average Bonchev–Trinajstić information content (AvgIpc) is 2.69. The number of piperazine rings is 1. The van der Waals surface area contributed by atoms with Crippen molar-refractivity contribution in [1.29, 1.82) is 0 Å². The topological polar surface area (TPSA) is 45.2 Å². The van der Waals surface area contributed by atoms with E-state index in [1.165, 1.54) is 11.3 Å². The Balaban J connectivity index is 1.38. The molecule has 0 saturated carbocycles. The Morgan fingerprint density at radius 1 is 1.04 bits per heavy atom. The fourth-order valence-corrected chi connectivity index (χ4v) is 3.49. The zero-order valence-corrected chi connectivity index (χ0v) is 16.3. The van der Waals surface area contributed by atoms with Gasteiger partial charge in [-0.2, -0.15) is 0 Å². The third kappa shape index (κ3) is 5.70. The van der Waals surface area contributed by atoms with Gasteiger partial charge in [-0.15, -0.1) is 0 Å². The molecule has 0 amide bonds. The van der Waals surface area contributed by atoms with Crippen LogP contribution in [0, 0.1) is 6.92 Å². The molecule has 1 atom stereocenters. The number of benzene rings is 2. The molecular formula is C22H30N2O3. The van der Waals surface area contributed by atoms with E-state index in [0.29, 0.717) is 19.8 Å². The lowest BCUT2D eigenvalue weighted by Gasteiger charge is -2.37. The van der Waals surface area contributed by atoms with Crippen LogP contribution >= 0.6 is 0 Å². The number of aliphatic hydroxyl groups excluding tert-OH is 1. The maximum Gasteiger partial charge on any atom is 0.124 e. The summed E-state index contributed by atoms with van der Waals surface area (Å²) in [6.45, 7) is 7.43. The number of ether oxygens (including phenoxy) is 2. The van der Waals surface area contributed by atoms with Gasteiger partial charge in [0.25, 0.3) is 0 Å². The van der Waals surface area contributed by atoms with Gasteiger partial charge in [0.05, 0.1) is 26.4 Å². The molecular weight excluding hydrogens is 340 g/mol. The van der Waals surface area contributed by atoms with Crippen LogP contribution in [0.25, 0.3) is 0 Å². The Hall–Kier alpha value is -2.08. The molecule has 1 aliphatic heterocycles. The third-order valence-electron chi connectivity index (χ3n) is 4.97. The number of nitrogens with zero attached hydrogens (tertiary/aromatic N) is 2. The van der Waals surface area contributed by atoms with Gasteiger partial charge in [-0.25, -0.2) is 0 Å². The molecule has 27 heavy (non-hydrogen) atoms. The maximum absolute atomic E-state index is 10.3. The molecule has 2 aromatic rings. The summed E-state index contributed by atoms with van der Waals surface area (Å²) in [6.07, 6.45) is -0.481. The predicted octanol–water partition coefficient (Wildman–Crippen LogP) is 2.70. The monoisotopic (exact) mass is 370 g/mol. The molecule has 5 heteroatoms. The number of rotatable bonds is 8. The number of aryl methyl sites for hydroxylation is 1. The zero-order valence-electron chi connectivity index (χ0n) is 16.3. The van der Waals surface area contributed by atoms with E-state index in [-0.39, 0.29) is 0 Å². The van der Waals surface area contributed by atoms with Crippen LogP contribution in [-0.4, -0.2) is 62.6 Å². The predicted molar refractivity (Wildman–Crippen MR) is 108 cm³/mol. The van der Waals surface area contributed by atoms with Crippen molar-refractivity contribution < 1.29 is 14.6 Å². The number of anilines is 1. The van der Waals surface area contributed by atoms with Crippen molar-refractivity contribution in [2.45, 2.75) is 19.6 Å². The fraction of sp³-hybridized carbons (Fsp3) is 0.455. The highest BCUT2D eigenvalue weighted by molar-refractivity contribution is 5.48. The molecule has 3 rings (SSSR count). The second-order valence-corrected chi connectivity index (χ2v) is 7.11. The molecule has 1 N–H and O–H groups in total. The third-order valence-corrected chi connectivity index (χ3v) is 4.97. The van der Waals surface area contributed by atoms with E-state index in [1.54, 1.807) is 7.11 Å². The lowest BCUT2D eigenvalue weighted by atomic mass is 10.2. The minimum atomic E-state index is -0.481. The fourth-order valence-electron chi connectivity index (χ4n) is 3.49. The smallest absolute Gasteiger partial charge is 0.124 e. The maximum atomic E-state index is 10.3.